The lowest BCUT2D eigenvalue weighted by atomic mass is 9.87. The fourth-order valence-electron chi connectivity index (χ4n) is 2.53. The molecule has 0 aromatic heterocycles. The van der Waals surface area contributed by atoms with Gasteiger partial charge in [-0.05, 0) is 55.5 Å². The molecule has 1 saturated heterocycles. The summed E-state index contributed by atoms with van der Waals surface area (Å²) in [6, 6.07) is 6.64. The van der Waals surface area contributed by atoms with E-state index in [-0.39, 0.29) is 5.54 Å². The van der Waals surface area contributed by atoms with Gasteiger partial charge in [0.1, 0.15) is 5.75 Å². The molecule has 1 aliphatic heterocycles. The molecule has 1 aliphatic rings. The average molecular weight is 233 g/mol. The summed E-state index contributed by atoms with van der Waals surface area (Å²) < 4.78 is 5.42. The van der Waals surface area contributed by atoms with Gasteiger partial charge in [0.25, 0.3) is 0 Å². The Labute approximate surface area is 104 Å². The Kier molecular flexibility index (Phi) is 3.43. The van der Waals surface area contributed by atoms with Gasteiger partial charge in [-0.25, -0.2) is 0 Å². The van der Waals surface area contributed by atoms with Crippen LogP contribution >= 0.6 is 0 Å². The fraction of sp³-hybridized carbons (Fsp3) is 0.600. The van der Waals surface area contributed by atoms with Gasteiger partial charge in [0.2, 0.25) is 0 Å². The van der Waals surface area contributed by atoms with Crippen LogP contribution in [0.2, 0.25) is 0 Å². The Bertz CT molecular complexity index is 392. The molecule has 0 aliphatic carbocycles. The largest absolute Gasteiger partial charge is 0.497 e. The molecule has 1 unspecified atom stereocenters. The van der Waals surface area contributed by atoms with Crippen LogP contribution in [0.4, 0.5) is 0 Å². The summed E-state index contributed by atoms with van der Waals surface area (Å²) in [5.41, 5.74) is 2.84. The van der Waals surface area contributed by atoms with Crippen molar-refractivity contribution >= 4 is 0 Å². The van der Waals surface area contributed by atoms with E-state index >= 15 is 0 Å². The SMILES string of the molecule is COc1cc(C(C)C)cc(C2(C)CCCN2)c1. The standard InChI is InChI=1S/C15H23NO/c1-11(2)12-8-13(10-14(9-12)17-4)15(3)6-5-7-16-15/h8-11,16H,5-7H2,1-4H3. The third-order valence-corrected chi connectivity index (χ3v) is 3.84. The maximum absolute atomic E-state index is 5.42. The number of benzene rings is 1. The summed E-state index contributed by atoms with van der Waals surface area (Å²) in [6.07, 6.45) is 2.46. The third-order valence-electron chi connectivity index (χ3n) is 3.84. The van der Waals surface area contributed by atoms with Crippen LogP contribution in [0, 0.1) is 0 Å². The predicted octanol–water partition coefficient (Wildman–Crippen LogP) is 3.42. The zero-order valence-electron chi connectivity index (χ0n) is 11.3. The molecule has 94 valence electrons. The van der Waals surface area contributed by atoms with Crippen molar-refractivity contribution in [3.8, 4) is 5.75 Å². The Balaban J connectivity index is 2.42. The van der Waals surface area contributed by atoms with E-state index in [1.807, 2.05) is 0 Å². The van der Waals surface area contributed by atoms with Gasteiger partial charge in [0.15, 0.2) is 0 Å². The molecule has 1 N–H and O–H groups in total. The van der Waals surface area contributed by atoms with E-state index in [0.29, 0.717) is 5.92 Å². The van der Waals surface area contributed by atoms with E-state index in [1.165, 1.54) is 24.0 Å². The summed E-state index contributed by atoms with van der Waals surface area (Å²) in [7, 11) is 1.74. The predicted molar refractivity (Wildman–Crippen MR) is 71.7 cm³/mol. The first-order valence-corrected chi connectivity index (χ1v) is 6.49. The highest BCUT2D eigenvalue weighted by Gasteiger charge is 2.30. The van der Waals surface area contributed by atoms with Gasteiger partial charge in [-0.2, -0.15) is 0 Å². The van der Waals surface area contributed by atoms with Crippen LogP contribution in [0.1, 0.15) is 50.7 Å². The summed E-state index contributed by atoms with van der Waals surface area (Å²) >= 11 is 0. The zero-order chi connectivity index (χ0) is 12.5. The first kappa shape index (κ1) is 12.4. The lowest BCUT2D eigenvalue weighted by Gasteiger charge is -2.26. The minimum Gasteiger partial charge on any atom is -0.497 e. The van der Waals surface area contributed by atoms with Crippen LogP contribution in [0.25, 0.3) is 0 Å². The van der Waals surface area contributed by atoms with E-state index in [9.17, 15) is 0 Å². The minimum absolute atomic E-state index is 0.123. The highest BCUT2D eigenvalue weighted by Crippen LogP contribution is 2.34. The lowest BCUT2D eigenvalue weighted by molar-refractivity contribution is 0.403. The van der Waals surface area contributed by atoms with Crippen LogP contribution in [0.3, 0.4) is 0 Å². The third kappa shape index (κ3) is 2.47. The van der Waals surface area contributed by atoms with E-state index in [1.54, 1.807) is 7.11 Å². The molecular weight excluding hydrogens is 210 g/mol. The van der Waals surface area contributed by atoms with Gasteiger partial charge in [-0.3, -0.25) is 0 Å². The van der Waals surface area contributed by atoms with Crippen molar-refractivity contribution in [2.24, 2.45) is 0 Å². The lowest BCUT2D eigenvalue weighted by Crippen LogP contribution is -2.33. The Morgan fingerprint density at radius 3 is 2.59 bits per heavy atom. The molecule has 2 nitrogen and oxygen atoms in total. The molecule has 2 heteroatoms. The summed E-state index contributed by atoms with van der Waals surface area (Å²) in [6.45, 7) is 7.86. The molecule has 17 heavy (non-hydrogen) atoms. The maximum atomic E-state index is 5.42. The smallest absolute Gasteiger partial charge is 0.119 e. The molecule has 1 aromatic rings. The second-order valence-electron chi connectivity index (χ2n) is 5.51. The van der Waals surface area contributed by atoms with Crippen molar-refractivity contribution < 1.29 is 4.74 Å². The molecule has 2 rings (SSSR count). The molecule has 1 fully saturated rings. The second-order valence-corrected chi connectivity index (χ2v) is 5.51. The van der Waals surface area contributed by atoms with Gasteiger partial charge in [-0.1, -0.05) is 19.9 Å². The van der Waals surface area contributed by atoms with Crippen LogP contribution in [-0.2, 0) is 5.54 Å². The number of hydrogen-bond donors (Lipinski definition) is 1. The average Bonchev–Trinajstić information content (AvgIpc) is 2.77. The van der Waals surface area contributed by atoms with E-state index < -0.39 is 0 Å². The van der Waals surface area contributed by atoms with Crippen molar-refractivity contribution in [3.63, 3.8) is 0 Å². The van der Waals surface area contributed by atoms with Crippen molar-refractivity contribution in [3.05, 3.63) is 29.3 Å². The summed E-state index contributed by atoms with van der Waals surface area (Å²) in [5, 5.41) is 3.61. The number of nitrogens with one attached hydrogen (secondary N) is 1. The van der Waals surface area contributed by atoms with Gasteiger partial charge < -0.3 is 10.1 Å². The van der Waals surface area contributed by atoms with E-state index in [4.69, 9.17) is 4.74 Å². The second kappa shape index (κ2) is 4.69. The Morgan fingerprint density at radius 1 is 1.29 bits per heavy atom. The van der Waals surface area contributed by atoms with Crippen molar-refractivity contribution in [1.82, 2.24) is 5.32 Å². The highest BCUT2D eigenvalue weighted by atomic mass is 16.5. The van der Waals surface area contributed by atoms with Gasteiger partial charge in [-0.15, -0.1) is 0 Å². The van der Waals surface area contributed by atoms with E-state index in [0.717, 1.165) is 12.3 Å². The number of methoxy groups -OCH3 is 1. The quantitative estimate of drug-likeness (QED) is 0.863. The molecular formula is C15H23NO. The molecule has 0 saturated carbocycles. The molecule has 0 amide bonds. The Morgan fingerprint density at radius 2 is 2.06 bits per heavy atom. The highest BCUT2D eigenvalue weighted by molar-refractivity contribution is 5.39. The fourth-order valence-corrected chi connectivity index (χ4v) is 2.53. The van der Waals surface area contributed by atoms with Crippen LogP contribution < -0.4 is 10.1 Å². The zero-order valence-corrected chi connectivity index (χ0v) is 11.3. The first-order valence-electron chi connectivity index (χ1n) is 6.49. The van der Waals surface area contributed by atoms with Crippen LogP contribution in [0.5, 0.6) is 5.75 Å². The van der Waals surface area contributed by atoms with Crippen molar-refractivity contribution in [1.29, 1.82) is 0 Å². The first-order chi connectivity index (χ1) is 8.05. The summed E-state index contributed by atoms with van der Waals surface area (Å²) in [4.78, 5) is 0. The maximum Gasteiger partial charge on any atom is 0.119 e. The molecule has 1 atom stereocenters. The van der Waals surface area contributed by atoms with Crippen LogP contribution in [-0.4, -0.2) is 13.7 Å². The monoisotopic (exact) mass is 233 g/mol. The Hall–Kier alpha value is -1.02. The molecule has 1 heterocycles. The molecule has 1 aromatic carbocycles. The van der Waals surface area contributed by atoms with Crippen molar-refractivity contribution in [2.45, 2.75) is 45.1 Å². The van der Waals surface area contributed by atoms with Gasteiger partial charge in [0.05, 0.1) is 7.11 Å². The topological polar surface area (TPSA) is 21.3 Å². The van der Waals surface area contributed by atoms with Crippen molar-refractivity contribution in [2.75, 3.05) is 13.7 Å². The van der Waals surface area contributed by atoms with E-state index in [2.05, 4.69) is 44.3 Å². The number of hydrogen-bond acceptors (Lipinski definition) is 2. The molecule has 0 spiro atoms. The molecule has 0 radical (unpaired) electrons. The molecule has 0 bridgehead atoms. The number of ether oxygens (including phenoxy) is 1. The number of rotatable bonds is 3. The normalized spacial score (nSPS) is 24.3. The van der Waals surface area contributed by atoms with Crippen LogP contribution in [0.15, 0.2) is 18.2 Å². The summed E-state index contributed by atoms with van der Waals surface area (Å²) in [5.74, 6) is 1.51. The minimum atomic E-state index is 0.123. The van der Waals surface area contributed by atoms with Gasteiger partial charge in [0, 0.05) is 5.54 Å². The van der Waals surface area contributed by atoms with Gasteiger partial charge >= 0.3 is 0 Å².